The molecule has 5 heteroatoms. The number of aryl methyl sites for hydroxylation is 1. The Kier molecular flexibility index (Phi) is 4.66. The van der Waals surface area contributed by atoms with Gasteiger partial charge in [-0.2, -0.15) is 0 Å². The maximum absolute atomic E-state index is 11.5. The molecule has 0 aromatic heterocycles. The van der Waals surface area contributed by atoms with E-state index in [-0.39, 0.29) is 12.3 Å². The van der Waals surface area contributed by atoms with Gasteiger partial charge in [0.25, 0.3) is 0 Å². The van der Waals surface area contributed by atoms with Crippen molar-refractivity contribution in [1.29, 1.82) is 0 Å². The van der Waals surface area contributed by atoms with Crippen LogP contribution in [-0.2, 0) is 16.1 Å². The Balaban J connectivity index is 2.48. The fraction of sp³-hybridized carbons (Fsp3) is 0.333. The molecule has 0 saturated heterocycles. The molecule has 5 N–H and O–H groups in total. The minimum absolute atomic E-state index is 0.139. The molecule has 1 aromatic carbocycles. The van der Waals surface area contributed by atoms with Gasteiger partial charge in [0.15, 0.2) is 0 Å². The Labute approximate surface area is 100 Å². The standard InChI is InChI=1S/C12H17N3O2/c1-8-4-2-3-5-9(8)7-15-12(17)10(13)6-11(14)16/h2-5,10H,6-7,13H2,1H3,(H2,14,16)(H,15,17). The lowest BCUT2D eigenvalue weighted by molar-refractivity contribution is -0.126. The first kappa shape index (κ1) is 13.2. The van der Waals surface area contributed by atoms with Crippen LogP contribution in [0.25, 0.3) is 0 Å². The highest BCUT2D eigenvalue weighted by atomic mass is 16.2. The highest BCUT2D eigenvalue weighted by molar-refractivity contribution is 5.87. The summed E-state index contributed by atoms with van der Waals surface area (Å²) < 4.78 is 0. The summed E-state index contributed by atoms with van der Waals surface area (Å²) in [5.74, 6) is -0.949. The summed E-state index contributed by atoms with van der Waals surface area (Å²) in [5, 5.41) is 2.67. The topological polar surface area (TPSA) is 98.2 Å². The van der Waals surface area contributed by atoms with Gasteiger partial charge in [0.05, 0.1) is 12.5 Å². The molecule has 0 heterocycles. The maximum Gasteiger partial charge on any atom is 0.237 e. The number of hydrogen-bond acceptors (Lipinski definition) is 3. The molecule has 0 aliphatic heterocycles. The molecule has 92 valence electrons. The van der Waals surface area contributed by atoms with Gasteiger partial charge in [0.2, 0.25) is 11.8 Å². The highest BCUT2D eigenvalue weighted by Gasteiger charge is 2.15. The number of amides is 2. The van der Waals surface area contributed by atoms with Crippen LogP contribution in [0.3, 0.4) is 0 Å². The van der Waals surface area contributed by atoms with E-state index in [0.29, 0.717) is 6.54 Å². The number of rotatable bonds is 5. The molecule has 0 bridgehead atoms. The van der Waals surface area contributed by atoms with Crippen molar-refractivity contribution < 1.29 is 9.59 Å². The summed E-state index contributed by atoms with van der Waals surface area (Å²) in [6, 6.07) is 6.84. The Bertz CT molecular complexity index is 418. The predicted molar refractivity (Wildman–Crippen MR) is 64.8 cm³/mol. The summed E-state index contributed by atoms with van der Waals surface area (Å²) in [4.78, 5) is 22.1. The molecule has 1 rings (SSSR count). The van der Waals surface area contributed by atoms with Gasteiger partial charge in [-0.15, -0.1) is 0 Å². The first-order valence-electron chi connectivity index (χ1n) is 5.37. The zero-order chi connectivity index (χ0) is 12.8. The van der Waals surface area contributed by atoms with E-state index in [0.717, 1.165) is 11.1 Å². The van der Waals surface area contributed by atoms with Crippen molar-refractivity contribution >= 4 is 11.8 Å². The van der Waals surface area contributed by atoms with E-state index in [1.54, 1.807) is 0 Å². The van der Waals surface area contributed by atoms with Crippen LogP contribution < -0.4 is 16.8 Å². The van der Waals surface area contributed by atoms with Gasteiger partial charge in [-0.3, -0.25) is 9.59 Å². The SMILES string of the molecule is Cc1ccccc1CNC(=O)C(N)CC(N)=O. The number of carbonyl (C=O) groups excluding carboxylic acids is 2. The van der Waals surface area contributed by atoms with Crippen LogP contribution in [0.4, 0.5) is 0 Å². The van der Waals surface area contributed by atoms with Crippen LogP contribution in [0.15, 0.2) is 24.3 Å². The molecule has 17 heavy (non-hydrogen) atoms. The highest BCUT2D eigenvalue weighted by Crippen LogP contribution is 2.06. The van der Waals surface area contributed by atoms with Crippen molar-refractivity contribution in [2.24, 2.45) is 11.5 Å². The normalized spacial score (nSPS) is 11.9. The van der Waals surface area contributed by atoms with Gasteiger partial charge < -0.3 is 16.8 Å². The second-order valence-corrected chi connectivity index (χ2v) is 3.92. The van der Waals surface area contributed by atoms with Gasteiger partial charge in [-0.05, 0) is 18.1 Å². The lowest BCUT2D eigenvalue weighted by atomic mass is 10.1. The van der Waals surface area contributed by atoms with E-state index in [9.17, 15) is 9.59 Å². The molecule has 0 fully saturated rings. The van der Waals surface area contributed by atoms with E-state index in [4.69, 9.17) is 11.5 Å². The van der Waals surface area contributed by atoms with E-state index in [1.165, 1.54) is 0 Å². The van der Waals surface area contributed by atoms with Crippen LogP contribution >= 0.6 is 0 Å². The Morgan fingerprint density at radius 2 is 2.00 bits per heavy atom. The average Bonchev–Trinajstić information content (AvgIpc) is 2.26. The van der Waals surface area contributed by atoms with Crippen LogP contribution in [0, 0.1) is 6.92 Å². The molecular weight excluding hydrogens is 218 g/mol. The number of hydrogen-bond donors (Lipinski definition) is 3. The van der Waals surface area contributed by atoms with Gasteiger partial charge in [0, 0.05) is 6.54 Å². The van der Waals surface area contributed by atoms with E-state index in [1.807, 2.05) is 31.2 Å². The molecule has 0 saturated carbocycles. The molecule has 0 aliphatic carbocycles. The molecule has 0 radical (unpaired) electrons. The van der Waals surface area contributed by atoms with Crippen LogP contribution in [0.1, 0.15) is 17.5 Å². The zero-order valence-corrected chi connectivity index (χ0v) is 9.77. The van der Waals surface area contributed by atoms with Crippen molar-refractivity contribution in [3.63, 3.8) is 0 Å². The third-order valence-corrected chi connectivity index (χ3v) is 2.47. The Hall–Kier alpha value is -1.88. The van der Waals surface area contributed by atoms with Crippen LogP contribution in [-0.4, -0.2) is 17.9 Å². The van der Waals surface area contributed by atoms with Crippen molar-refractivity contribution in [3.05, 3.63) is 35.4 Å². The van der Waals surface area contributed by atoms with Crippen molar-refractivity contribution in [1.82, 2.24) is 5.32 Å². The number of benzene rings is 1. The second kappa shape index (κ2) is 6.00. The van der Waals surface area contributed by atoms with E-state index < -0.39 is 11.9 Å². The van der Waals surface area contributed by atoms with Gasteiger partial charge >= 0.3 is 0 Å². The number of nitrogens with two attached hydrogens (primary N) is 2. The molecule has 1 aromatic rings. The van der Waals surface area contributed by atoms with Gasteiger partial charge in [0.1, 0.15) is 0 Å². The number of nitrogens with one attached hydrogen (secondary N) is 1. The first-order chi connectivity index (χ1) is 8.00. The quantitative estimate of drug-likeness (QED) is 0.660. The minimum atomic E-state index is -0.878. The molecule has 2 amide bonds. The number of primary amides is 1. The summed E-state index contributed by atoms with van der Waals surface area (Å²) in [7, 11) is 0. The fourth-order valence-corrected chi connectivity index (χ4v) is 1.43. The third kappa shape index (κ3) is 4.24. The van der Waals surface area contributed by atoms with Gasteiger partial charge in [-0.25, -0.2) is 0 Å². The monoisotopic (exact) mass is 235 g/mol. The maximum atomic E-state index is 11.5. The lowest BCUT2D eigenvalue weighted by Crippen LogP contribution is -2.42. The predicted octanol–water partition coefficient (Wildman–Crippen LogP) is -0.186. The summed E-state index contributed by atoms with van der Waals surface area (Å²) in [6.07, 6.45) is -0.139. The molecule has 1 atom stereocenters. The molecule has 0 spiro atoms. The Morgan fingerprint density at radius 3 is 2.59 bits per heavy atom. The summed E-state index contributed by atoms with van der Waals surface area (Å²) in [5.41, 5.74) is 12.6. The summed E-state index contributed by atoms with van der Waals surface area (Å²) >= 11 is 0. The Morgan fingerprint density at radius 1 is 1.35 bits per heavy atom. The van der Waals surface area contributed by atoms with Gasteiger partial charge in [-0.1, -0.05) is 24.3 Å². The van der Waals surface area contributed by atoms with Crippen LogP contribution in [0.2, 0.25) is 0 Å². The first-order valence-corrected chi connectivity index (χ1v) is 5.37. The number of carbonyl (C=O) groups is 2. The zero-order valence-electron chi connectivity index (χ0n) is 9.77. The lowest BCUT2D eigenvalue weighted by Gasteiger charge is -2.11. The third-order valence-electron chi connectivity index (χ3n) is 2.47. The van der Waals surface area contributed by atoms with Crippen LogP contribution in [0.5, 0.6) is 0 Å². The second-order valence-electron chi connectivity index (χ2n) is 3.92. The molecular formula is C12H17N3O2. The molecule has 0 aliphatic rings. The van der Waals surface area contributed by atoms with Crippen molar-refractivity contribution in [2.75, 3.05) is 0 Å². The fourth-order valence-electron chi connectivity index (χ4n) is 1.43. The summed E-state index contributed by atoms with van der Waals surface area (Å²) in [6.45, 7) is 2.36. The molecule has 5 nitrogen and oxygen atoms in total. The largest absolute Gasteiger partial charge is 0.370 e. The van der Waals surface area contributed by atoms with E-state index in [2.05, 4.69) is 5.32 Å². The van der Waals surface area contributed by atoms with Crippen molar-refractivity contribution in [2.45, 2.75) is 25.9 Å². The minimum Gasteiger partial charge on any atom is -0.370 e. The van der Waals surface area contributed by atoms with Crippen molar-refractivity contribution in [3.8, 4) is 0 Å². The molecule has 1 unspecified atom stereocenters. The average molecular weight is 235 g/mol. The smallest absolute Gasteiger partial charge is 0.237 e. The van der Waals surface area contributed by atoms with E-state index >= 15 is 0 Å².